The lowest BCUT2D eigenvalue weighted by Gasteiger charge is -2.36. The Morgan fingerprint density at radius 3 is 2.21 bits per heavy atom. The van der Waals surface area contributed by atoms with Gasteiger partial charge in [0.1, 0.15) is 0 Å². The van der Waals surface area contributed by atoms with Gasteiger partial charge in [-0.25, -0.2) is 0 Å². The first-order chi connectivity index (χ1) is 8.66. The van der Waals surface area contributed by atoms with Gasteiger partial charge in [0, 0.05) is 5.56 Å². The van der Waals surface area contributed by atoms with Crippen LogP contribution < -0.4 is 0 Å². The van der Waals surface area contributed by atoms with Crippen LogP contribution in [-0.4, -0.2) is 10.2 Å². The minimum absolute atomic E-state index is 0.174. The summed E-state index contributed by atoms with van der Waals surface area (Å²) in [5.41, 5.74) is 8.22. The highest BCUT2D eigenvalue weighted by Crippen LogP contribution is 2.45. The molecule has 2 rings (SSSR count). The highest BCUT2D eigenvalue weighted by Gasteiger charge is 2.31. The number of rotatable bonds is 1. The minimum Gasteiger partial charge on any atom is -0.364 e. The maximum absolute atomic E-state index is 9.52. The van der Waals surface area contributed by atoms with E-state index < -0.39 is 6.29 Å². The van der Waals surface area contributed by atoms with Gasteiger partial charge in [0.25, 0.3) is 0 Å². The first-order valence-corrected chi connectivity index (χ1v) is 6.84. The lowest BCUT2D eigenvalue weighted by molar-refractivity contribution is -0.0430. The molecule has 0 amide bonds. The summed E-state index contributed by atoms with van der Waals surface area (Å²) in [7, 11) is 0. The lowest BCUT2D eigenvalue weighted by atomic mass is 9.68. The maximum atomic E-state index is 9.52. The predicted octanol–water partition coefficient (Wildman–Crippen LogP) is 3.66. The molecule has 1 aliphatic rings. The molecule has 2 heteroatoms. The van der Waals surface area contributed by atoms with Gasteiger partial charge in [-0.3, -0.25) is 0 Å². The molecule has 1 aliphatic carbocycles. The second kappa shape index (κ2) is 4.46. The summed E-state index contributed by atoms with van der Waals surface area (Å²) < 4.78 is 0. The summed E-state index contributed by atoms with van der Waals surface area (Å²) in [6.45, 7) is 12.9. The van der Waals surface area contributed by atoms with Crippen LogP contribution in [0.5, 0.6) is 0 Å². The fourth-order valence-electron chi connectivity index (χ4n) is 3.27. The van der Waals surface area contributed by atoms with Crippen LogP contribution in [0.2, 0.25) is 0 Å². The fourth-order valence-corrected chi connectivity index (χ4v) is 3.27. The number of aryl methyl sites for hydroxylation is 1. The number of allylic oxidation sites excluding steroid dienone is 2. The quantitative estimate of drug-likeness (QED) is 0.756. The van der Waals surface area contributed by atoms with Gasteiger partial charge in [-0.05, 0) is 67.4 Å². The van der Waals surface area contributed by atoms with Crippen molar-refractivity contribution < 1.29 is 10.2 Å². The van der Waals surface area contributed by atoms with Crippen LogP contribution >= 0.6 is 0 Å². The van der Waals surface area contributed by atoms with E-state index in [1.807, 2.05) is 13.0 Å². The monoisotopic (exact) mass is 260 g/mol. The molecule has 0 saturated heterocycles. The standard InChI is InChI=1S/C17H24O2/c1-9-7-13(16(18)19)11(3)15-10(2)12(4)17(5,6)8-14(9)15/h7,16,18-19H,8H2,1-6H3. The van der Waals surface area contributed by atoms with Crippen molar-refractivity contribution in [3.05, 3.63) is 39.5 Å². The molecular formula is C17H24O2. The Morgan fingerprint density at radius 1 is 1.11 bits per heavy atom. The fraction of sp³-hybridized carbons (Fsp3) is 0.529. The summed E-state index contributed by atoms with van der Waals surface area (Å²) >= 11 is 0. The van der Waals surface area contributed by atoms with Crippen LogP contribution in [0.25, 0.3) is 5.57 Å². The lowest BCUT2D eigenvalue weighted by Crippen LogP contribution is -2.24. The number of hydrogen-bond donors (Lipinski definition) is 2. The van der Waals surface area contributed by atoms with Gasteiger partial charge in [-0.2, -0.15) is 0 Å². The molecule has 104 valence electrons. The van der Waals surface area contributed by atoms with Gasteiger partial charge in [0.05, 0.1) is 0 Å². The van der Waals surface area contributed by atoms with Crippen molar-refractivity contribution in [2.75, 3.05) is 0 Å². The van der Waals surface area contributed by atoms with Crippen LogP contribution in [0.15, 0.2) is 11.6 Å². The van der Waals surface area contributed by atoms with Crippen LogP contribution in [0, 0.1) is 19.3 Å². The SMILES string of the molecule is CC1=C(C)C(C)(C)Cc2c(C)cc(C(O)O)c(C)c21. The molecule has 0 spiro atoms. The van der Waals surface area contributed by atoms with E-state index in [1.54, 1.807) is 0 Å². The molecular weight excluding hydrogens is 236 g/mol. The van der Waals surface area contributed by atoms with Crippen LogP contribution in [0.1, 0.15) is 61.8 Å². The van der Waals surface area contributed by atoms with Gasteiger partial charge < -0.3 is 10.2 Å². The topological polar surface area (TPSA) is 40.5 Å². The molecule has 0 atom stereocenters. The summed E-state index contributed by atoms with van der Waals surface area (Å²) in [5.74, 6) is 0. The molecule has 0 aliphatic heterocycles. The number of benzene rings is 1. The molecule has 2 N–H and O–H groups in total. The van der Waals surface area contributed by atoms with E-state index in [4.69, 9.17) is 0 Å². The van der Waals surface area contributed by atoms with Crippen molar-refractivity contribution in [3.63, 3.8) is 0 Å². The van der Waals surface area contributed by atoms with E-state index in [-0.39, 0.29) is 5.41 Å². The van der Waals surface area contributed by atoms with E-state index in [2.05, 4.69) is 34.6 Å². The molecule has 0 heterocycles. The van der Waals surface area contributed by atoms with Gasteiger partial charge in [0.15, 0.2) is 6.29 Å². The third-order valence-corrected chi connectivity index (χ3v) is 4.81. The third-order valence-electron chi connectivity index (χ3n) is 4.81. The van der Waals surface area contributed by atoms with E-state index >= 15 is 0 Å². The Morgan fingerprint density at radius 2 is 1.68 bits per heavy atom. The van der Waals surface area contributed by atoms with Gasteiger partial charge in [-0.1, -0.05) is 25.5 Å². The average molecular weight is 260 g/mol. The zero-order valence-corrected chi connectivity index (χ0v) is 12.8. The van der Waals surface area contributed by atoms with Crippen molar-refractivity contribution in [2.45, 2.75) is 54.3 Å². The second-order valence-electron chi connectivity index (χ2n) is 6.45. The molecule has 0 fully saturated rings. The third kappa shape index (κ3) is 2.13. The van der Waals surface area contributed by atoms with E-state index in [1.165, 1.54) is 22.3 Å². The Kier molecular flexibility index (Phi) is 3.36. The Balaban J connectivity index is 2.80. The van der Waals surface area contributed by atoms with Gasteiger partial charge in [0.2, 0.25) is 0 Å². The van der Waals surface area contributed by atoms with Crippen molar-refractivity contribution in [3.8, 4) is 0 Å². The van der Waals surface area contributed by atoms with E-state index in [0.717, 1.165) is 17.5 Å². The van der Waals surface area contributed by atoms with Crippen LogP contribution in [0.4, 0.5) is 0 Å². The first-order valence-electron chi connectivity index (χ1n) is 6.84. The zero-order valence-electron chi connectivity index (χ0n) is 12.8. The summed E-state index contributed by atoms with van der Waals surface area (Å²) in [4.78, 5) is 0. The second-order valence-corrected chi connectivity index (χ2v) is 6.45. The number of aliphatic hydroxyl groups excluding tert-OH is 1. The zero-order chi connectivity index (χ0) is 14.5. The molecule has 2 nitrogen and oxygen atoms in total. The molecule has 19 heavy (non-hydrogen) atoms. The molecule has 0 radical (unpaired) electrons. The van der Waals surface area contributed by atoms with E-state index in [9.17, 15) is 10.2 Å². The highest BCUT2D eigenvalue weighted by molar-refractivity contribution is 5.76. The number of aliphatic hydroxyl groups is 2. The largest absolute Gasteiger partial charge is 0.364 e. The van der Waals surface area contributed by atoms with Gasteiger partial charge in [-0.15, -0.1) is 0 Å². The van der Waals surface area contributed by atoms with Crippen molar-refractivity contribution in [1.29, 1.82) is 0 Å². The summed E-state index contributed by atoms with van der Waals surface area (Å²) in [5, 5.41) is 19.0. The van der Waals surface area contributed by atoms with Crippen molar-refractivity contribution in [2.24, 2.45) is 5.41 Å². The Hall–Kier alpha value is -1.12. The predicted molar refractivity (Wildman–Crippen MR) is 78.8 cm³/mol. The van der Waals surface area contributed by atoms with Crippen molar-refractivity contribution in [1.82, 2.24) is 0 Å². The molecule has 0 unspecified atom stereocenters. The van der Waals surface area contributed by atoms with Gasteiger partial charge >= 0.3 is 0 Å². The Labute approximate surface area is 115 Å². The molecule has 0 aromatic heterocycles. The summed E-state index contributed by atoms with van der Waals surface area (Å²) in [6.07, 6.45) is -0.382. The highest BCUT2D eigenvalue weighted by atomic mass is 16.5. The molecule has 1 aromatic carbocycles. The smallest absolute Gasteiger partial charge is 0.178 e. The molecule has 1 aromatic rings. The maximum Gasteiger partial charge on any atom is 0.178 e. The number of fused-ring (bicyclic) bond motifs is 1. The molecule has 0 bridgehead atoms. The summed E-state index contributed by atoms with van der Waals surface area (Å²) in [6, 6.07) is 1.92. The van der Waals surface area contributed by atoms with Crippen LogP contribution in [0.3, 0.4) is 0 Å². The van der Waals surface area contributed by atoms with Crippen LogP contribution in [-0.2, 0) is 6.42 Å². The minimum atomic E-state index is -1.40. The first kappa shape index (κ1) is 14.3. The number of hydrogen-bond acceptors (Lipinski definition) is 2. The normalized spacial score (nSPS) is 17.9. The van der Waals surface area contributed by atoms with E-state index in [0.29, 0.717) is 5.56 Å². The molecule has 0 saturated carbocycles. The Bertz CT molecular complexity index is 563. The van der Waals surface area contributed by atoms with Crippen molar-refractivity contribution >= 4 is 5.57 Å². The average Bonchev–Trinajstić information content (AvgIpc) is 2.30.